The topological polar surface area (TPSA) is 98.3 Å². The fourth-order valence-corrected chi connectivity index (χ4v) is 2.02. The Kier molecular flexibility index (Phi) is 3.61. The molecule has 0 saturated carbocycles. The van der Waals surface area contributed by atoms with Gasteiger partial charge in [-0.2, -0.15) is 5.10 Å². The predicted octanol–water partition coefficient (Wildman–Crippen LogP) is 2.30. The van der Waals surface area contributed by atoms with Crippen LogP contribution in [0.5, 0.6) is 0 Å². The van der Waals surface area contributed by atoms with Crippen LogP contribution in [-0.2, 0) is 6.54 Å². The van der Waals surface area contributed by atoms with Gasteiger partial charge in [0.05, 0.1) is 17.0 Å². The van der Waals surface area contributed by atoms with E-state index in [1.807, 2.05) is 0 Å². The number of aromatic nitrogens is 2. The first kappa shape index (κ1) is 13.2. The van der Waals surface area contributed by atoms with Gasteiger partial charge in [-0.25, -0.2) is 4.79 Å². The molecule has 0 spiro atoms. The van der Waals surface area contributed by atoms with Crippen molar-refractivity contribution in [3.05, 3.63) is 56.3 Å². The number of nitrogens with zero attached hydrogens (tertiary/aromatic N) is 3. The largest absolute Gasteiger partial charge is 0.478 e. The number of carboxylic acids is 1. The minimum Gasteiger partial charge on any atom is -0.478 e. The summed E-state index contributed by atoms with van der Waals surface area (Å²) in [5.41, 5.74) is 0.864. The number of carboxylic acid groups (broad SMARTS) is 1. The molecule has 7 nitrogen and oxygen atoms in total. The van der Waals surface area contributed by atoms with Crippen molar-refractivity contribution in [1.29, 1.82) is 0 Å². The molecule has 8 heteroatoms. The number of benzene rings is 1. The molecule has 0 aliphatic rings. The zero-order valence-corrected chi connectivity index (χ0v) is 11.1. The molecule has 0 atom stereocenters. The Balaban J connectivity index is 2.23. The summed E-state index contributed by atoms with van der Waals surface area (Å²) in [6, 6.07) is 4.59. The molecule has 0 amide bonds. The lowest BCUT2D eigenvalue weighted by atomic mass is 10.1. The van der Waals surface area contributed by atoms with E-state index < -0.39 is 10.9 Å². The van der Waals surface area contributed by atoms with E-state index in [1.165, 1.54) is 29.2 Å². The molecule has 0 unspecified atom stereocenters. The lowest BCUT2D eigenvalue weighted by molar-refractivity contribution is -0.385. The van der Waals surface area contributed by atoms with Crippen LogP contribution in [0.15, 0.2) is 35.1 Å². The van der Waals surface area contributed by atoms with Gasteiger partial charge in [0, 0.05) is 4.47 Å². The van der Waals surface area contributed by atoms with E-state index in [2.05, 4.69) is 21.0 Å². The summed E-state index contributed by atoms with van der Waals surface area (Å²) >= 11 is 3.27. The highest BCUT2D eigenvalue weighted by molar-refractivity contribution is 9.10. The van der Waals surface area contributed by atoms with Crippen molar-refractivity contribution in [1.82, 2.24) is 9.78 Å². The third-order valence-corrected chi connectivity index (χ3v) is 3.20. The van der Waals surface area contributed by atoms with Crippen LogP contribution in [0, 0.1) is 10.1 Å². The van der Waals surface area contributed by atoms with E-state index in [9.17, 15) is 14.9 Å². The minimum atomic E-state index is -1.01. The summed E-state index contributed by atoms with van der Waals surface area (Å²) in [6.07, 6.45) is 2.48. The Labute approximate surface area is 115 Å². The molecule has 0 fully saturated rings. The zero-order chi connectivity index (χ0) is 14.0. The van der Waals surface area contributed by atoms with Crippen LogP contribution in [0.1, 0.15) is 15.9 Å². The Morgan fingerprint density at radius 2 is 2.26 bits per heavy atom. The van der Waals surface area contributed by atoms with Crippen LogP contribution >= 0.6 is 15.9 Å². The number of hydrogen-bond acceptors (Lipinski definition) is 4. The van der Waals surface area contributed by atoms with Gasteiger partial charge in [0.2, 0.25) is 0 Å². The van der Waals surface area contributed by atoms with Crippen molar-refractivity contribution in [3.63, 3.8) is 0 Å². The molecule has 1 heterocycles. The standard InChI is InChI=1S/C11H8BrN3O4/c12-10-3-7(11(16)17)1-2-8(10)5-14-6-9(4-13-14)15(18)19/h1-4,6H,5H2,(H,16,17). The molecule has 0 radical (unpaired) electrons. The monoisotopic (exact) mass is 325 g/mol. The van der Waals surface area contributed by atoms with Crippen LogP contribution in [0.25, 0.3) is 0 Å². The number of aromatic carboxylic acids is 1. The highest BCUT2D eigenvalue weighted by Crippen LogP contribution is 2.20. The molecule has 1 aromatic carbocycles. The number of rotatable bonds is 4. The van der Waals surface area contributed by atoms with E-state index in [0.29, 0.717) is 11.0 Å². The fraction of sp³-hybridized carbons (Fsp3) is 0.0909. The number of hydrogen-bond donors (Lipinski definition) is 1. The zero-order valence-electron chi connectivity index (χ0n) is 9.49. The van der Waals surface area contributed by atoms with Gasteiger partial charge in [-0.05, 0) is 17.7 Å². The van der Waals surface area contributed by atoms with Gasteiger partial charge in [0.1, 0.15) is 12.4 Å². The minimum absolute atomic E-state index is 0.0849. The first-order valence-electron chi connectivity index (χ1n) is 5.16. The molecular formula is C11H8BrN3O4. The second kappa shape index (κ2) is 5.19. The number of carbonyl (C=O) groups is 1. The first-order valence-corrected chi connectivity index (χ1v) is 5.95. The van der Waals surface area contributed by atoms with Crippen molar-refractivity contribution in [2.45, 2.75) is 6.54 Å². The Bertz CT molecular complexity index is 653. The normalized spacial score (nSPS) is 10.4. The Hall–Kier alpha value is -2.22. The fourth-order valence-electron chi connectivity index (χ4n) is 1.52. The Morgan fingerprint density at radius 1 is 1.53 bits per heavy atom. The second-order valence-corrected chi connectivity index (χ2v) is 4.62. The van der Waals surface area contributed by atoms with Gasteiger partial charge in [-0.15, -0.1) is 0 Å². The molecule has 98 valence electrons. The van der Waals surface area contributed by atoms with Gasteiger partial charge in [-0.3, -0.25) is 14.8 Å². The van der Waals surface area contributed by atoms with Crippen LogP contribution in [-0.4, -0.2) is 25.8 Å². The summed E-state index contributed by atoms with van der Waals surface area (Å²) < 4.78 is 2.03. The van der Waals surface area contributed by atoms with Gasteiger partial charge in [0.15, 0.2) is 0 Å². The van der Waals surface area contributed by atoms with Crippen molar-refractivity contribution in [2.24, 2.45) is 0 Å². The van der Waals surface area contributed by atoms with Crippen LogP contribution in [0.2, 0.25) is 0 Å². The predicted molar refractivity (Wildman–Crippen MR) is 69.1 cm³/mol. The van der Waals surface area contributed by atoms with Crippen molar-refractivity contribution >= 4 is 27.6 Å². The average molecular weight is 326 g/mol. The second-order valence-electron chi connectivity index (χ2n) is 3.76. The van der Waals surface area contributed by atoms with Crippen LogP contribution in [0.3, 0.4) is 0 Å². The van der Waals surface area contributed by atoms with Gasteiger partial charge >= 0.3 is 11.7 Å². The number of halogens is 1. The maximum absolute atomic E-state index is 10.8. The van der Waals surface area contributed by atoms with Crippen LogP contribution < -0.4 is 0 Å². The molecule has 0 saturated heterocycles. The molecule has 0 aliphatic heterocycles. The van der Waals surface area contributed by atoms with Crippen molar-refractivity contribution in [2.75, 3.05) is 0 Å². The molecule has 19 heavy (non-hydrogen) atoms. The lowest BCUT2D eigenvalue weighted by Gasteiger charge is -2.05. The lowest BCUT2D eigenvalue weighted by Crippen LogP contribution is -2.03. The summed E-state index contributed by atoms with van der Waals surface area (Å²) in [4.78, 5) is 20.8. The average Bonchev–Trinajstić information content (AvgIpc) is 2.80. The summed E-state index contributed by atoms with van der Waals surface area (Å²) in [5, 5.41) is 23.2. The van der Waals surface area contributed by atoms with Crippen LogP contribution in [0.4, 0.5) is 5.69 Å². The van der Waals surface area contributed by atoms with Gasteiger partial charge in [0.25, 0.3) is 0 Å². The molecule has 0 aliphatic carbocycles. The third kappa shape index (κ3) is 2.97. The van der Waals surface area contributed by atoms with E-state index >= 15 is 0 Å². The molecule has 1 aromatic heterocycles. The molecule has 0 bridgehead atoms. The molecule has 2 rings (SSSR count). The number of nitro groups is 1. The van der Waals surface area contributed by atoms with E-state index in [1.54, 1.807) is 6.07 Å². The first-order chi connectivity index (χ1) is 8.97. The maximum Gasteiger partial charge on any atom is 0.335 e. The van der Waals surface area contributed by atoms with Crippen molar-refractivity contribution < 1.29 is 14.8 Å². The highest BCUT2D eigenvalue weighted by atomic mass is 79.9. The van der Waals surface area contributed by atoms with Gasteiger partial charge in [-0.1, -0.05) is 22.0 Å². The summed E-state index contributed by atoms with van der Waals surface area (Å²) in [7, 11) is 0. The summed E-state index contributed by atoms with van der Waals surface area (Å²) in [5.74, 6) is -1.01. The Morgan fingerprint density at radius 3 is 2.79 bits per heavy atom. The van der Waals surface area contributed by atoms with Gasteiger partial charge < -0.3 is 5.11 Å². The van der Waals surface area contributed by atoms with E-state index in [0.717, 1.165) is 5.56 Å². The maximum atomic E-state index is 10.8. The van der Waals surface area contributed by atoms with E-state index in [-0.39, 0.29) is 11.3 Å². The van der Waals surface area contributed by atoms with Crippen molar-refractivity contribution in [3.8, 4) is 0 Å². The molecule has 2 aromatic rings. The molecular weight excluding hydrogens is 318 g/mol. The highest BCUT2D eigenvalue weighted by Gasteiger charge is 2.11. The smallest absolute Gasteiger partial charge is 0.335 e. The third-order valence-electron chi connectivity index (χ3n) is 2.46. The quantitative estimate of drug-likeness (QED) is 0.687. The van der Waals surface area contributed by atoms with E-state index in [4.69, 9.17) is 5.11 Å². The summed E-state index contributed by atoms with van der Waals surface area (Å²) in [6.45, 7) is 0.314. The molecule has 1 N–H and O–H groups in total. The SMILES string of the molecule is O=C(O)c1ccc(Cn2cc([N+](=O)[O-])cn2)c(Br)c1.